The summed E-state index contributed by atoms with van der Waals surface area (Å²) in [5.41, 5.74) is 6.54. The van der Waals surface area contributed by atoms with Crippen molar-refractivity contribution in [2.24, 2.45) is 5.73 Å². The highest BCUT2D eigenvalue weighted by Crippen LogP contribution is 2.34. The van der Waals surface area contributed by atoms with E-state index in [1.807, 2.05) is 11.0 Å². The summed E-state index contributed by atoms with van der Waals surface area (Å²) in [7, 11) is 1.55. The Bertz CT molecular complexity index is 699. The van der Waals surface area contributed by atoms with Crippen LogP contribution < -0.4 is 5.73 Å². The van der Waals surface area contributed by atoms with Crippen molar-refractivity contribution in [1.82, 2.24) is 4.90 Å². The van der Waals surface area contributed by atoms with Gasteiger partial charge in [-0.15, -0.1) is 23.7 Å². The molecule has 126 valence electrons. The number of hydrogen-bond acceptors (Lipinski definition) is 4. The molecule has 0 atom stereocenters. The summed E-state index contributed by atoms with van der Waals surface area (Å²) in [6, 6.07) is 5.09. The van der Waals surface area contributed by atoms with Gasteiger partial charge in [0.1, 0.15) is 5.82 Å². The monoisotopic (exact) mass is 358 g/mol. The van der Waals surface area contributed by atoms with Crippen LogP contribution >= 0.6 is 23.7 Å². The van der Waals surface area contributed by atoms with E-state index < -0.39 is 0 Å². The fraction of sp³-hybridized carbons (Fsp3) is 0.438. The van der Waals surface area contributed by atoms with E-state index in [0.29, 0.717) is 28.9 Å². The quantitative estimate of drug-likeness (QED) is 0.916. The molecule has 0 bridgehead atoms. The third-order valence-corrected chi connectivity index (χ3v) is 5.26. The zero-order chi connectivity index (χ0) is 15.7. The summed E-state index contributed by atoms with van der Waals surface area (Å²) < 4.78 is 20.1. The predicted octanol–water partition coefficient (Wildman–Crippen LogP) is 3.17. The van der Waals surface area contributed by atoms with Crippen molar-refractivity contribution in [1.29, 1.82) is 0 Å². The zero-order valence-corrected chi connectivity index (χ0v) is 14.5. The molecule has 2 N–H and O–H groups in total. The second-order valence-corrected chi connectivity index (χ2v) is 6.64. The number of piperidine rings is 1. The number of rotatable bonds is 3. The Morgan fingerprint density at radius 2 is 2.13 bits per heavy atom. The van der Waals surface area contributed by atoms with Crippen molar-refractivity contribution >= 4 is 39.7 Å². The summed E-state index contributed by atoms with van der Waals surface area (Å²) in [6.07, 6.45) is 1.62. The Morgan fingerprint density at radius 1 is 1.43 bits per heavy atom. The molecular weight excluding hydrogens is 339 g/mol. The largest absolute Gasteiger partial charge is 0.380 e. The smallest absolute Gasteiger partial charge is 0.264 e. The number of fused-ring (bicyclic) bond motifs is 1. The van der Waals surface area contributed by atoms with Gasteiger partial charge in [-0.25, -0.2) is 4.39 Å². The van der Waals surface area contributed by atoms with Gasteiger partial charge < -0.3 is 15.4 Å². The van der Waals surface area contributed by atoms with Crippen molar-refractivity contribution in [2.75, 3.05) is 20.2 Å². The fourth-order valence-corrected chi connectivity index (χ4v) is 4.06. The summed E-state index contributed by atoms with van der Waals surface area (Å²) in [6.45, 7) is 1.54. The normalized spacial score (nSPS) is 15.7. The molecule has 1 aliphatic heterocycles. The Hall–Kier alpha value is -1.21. The minimum Gasteiger partial charge on any atom is -0.380 e. The van der Waals surface area contributed by atoms with Crippen molar-refractivity contribution in [3.05, 3.63) is 34.5 Å². The molecule has 1 saturated heterocycles. The van der Waals surface area contributed by atoms with Gasteiger partial charge in [-0.2, -0.15) is 0 Å². The van der Waals surface area contributed by atoms with Gasteiger partial charge in [-0.05, 0) is 25.0 Å². The number of likely N-dealkylation sites (tertiary alicyclic amines) is 1. The van der Waals surface area contributed by atoms with Crippen LogP contribution in [0.25, 0.3) is 10.1 Å². The van der Waals surface area contributed by atoms with Gasteiger partial charge in [0.15, 0.2) is 0 Å². The number of thiophene rings is 1. The van der Waals surface area contributed by atoms with E-state index in [1.165, 1.54) is 17.4 Å². The first kappa shape index (κ1) is 18.1. The Kier molecular flexibility index (Phi) is 5.97. The average molecular weight is 359 g/mol. The second-order valence-electron chi connectivity index (χ2n) is 5.59. The van der Waals surface area contributed by atoms with Gasteiger partial charge in [0, 0.05) is 41.9 Å². The first-order valence-corrected chi connectivity index (χ1v) is 8.17. The Morgan fingerprint density at radius 3 is 2.78 bits per heavy atom. The molecular formula is C16H20ClFN2O2S. The van der Waals surface area contributed by atoms with Crippen molar-refractivity contribution in [3.63, 3.8) is 0 Å². The van der Waals surface area contributed by atoms with Crippen molar-refractivity contribution in [3.8, 4) is 0 Å². The standard InChI is InChI=1S/C16H19FN2O2S.ClH/c1-21-9-11-14-12(17)3-2-4-13(14)22-15(11)16(20)19-7-5-10(18)6-8-19;/h2-4,10H,5-9,18H2,1H3;1H. The van der Waals surface area contributed by atoms with Gasteiger partial charge in [0.05, 0.1) is 11.5 Å². The number of amides is 1. The highest BCUT2D eigenvalue weighted by atomic mass is 35.5. The van der Waals surface area contributed by atoms with E-state index in [-0.39, 0.29) is 36.8 Å². The molecule has 1 fully saturated rings. The minimum atomic E-state index is -0.305. The maximum atomic E-state index is 14.1. The summed E-state index contributed by atoms with van der Waals surface area (Å²) >= 11 is 1.34. The molecule has 0 aliphatic carbocycles. The van der Waals surface area contributed by atoms with Crippen LogP contribution in [0.2, 0.25) is 0 Å². The number of carbonyl (C=O) groups excluding carboxylic acids is 1. The third kappa shape index (κ3) is 3.50. The molecule has 1 aliphatic rings. The SMILES string of the molecule is COCc1c(C(=O)N2CCC(N)CC2)sc2cccc(F)c12.Cl. The number of nitrogens with zero attached hydrogens (tertiary/aromatic N) is 1. The maximum absolute atomic E-state index is 14.1. The molecule has 1 aromatic carbocycles. The van der Waals surface area contributed by atoms with Crippen LogP contribution in [0.1, 0.15) is 28.1 Å². The fourth-order valence-electron chi connectivity index (χ4n) is 2.87. The molecule has 0 unspecified atom stereocenters. The molecule has 7 heteroatoms. The lowest BCUT2D eigenvalue weighted by molar-refractivity contribution is 0.0715. The second kappa shape index (κ2) is 7.57. The van der Waals surface area contributed by atoms with Gasteiger partial charge in [-0.1, -0.05) is 6.07 Å². The number of halogens is 2. The van der Waals surface area contributed by atoms with Crippen LogP contribution in [0.4, 0.5) is 4.39 Å². The van der Waals surface area contributed by atoms with E-state index in [9.17, 15) is 9.18 Å². The van der Waals surface area contributed by atoms with Crippen LogP contribution in [-0.4, -0.2) is 37.0 Å². The predicted molar refractivity (Wildman–Crippen MR) is 92.9 cm³/mol. The highest BCUT2D eigenvalue weighted by molar-refractivity contribution is 7.21. The number of hydrogen-bond donors (Lipinski definition) is 1. The van der Waals surface area contributed by atoms with E-state index in [1.54, 1.807) is 13.2 Å². The molecule has 1 aromatic heterocycles. The third-order valence-electron chi connectivity index (χ3n) is 4.07. The van der Waals surface area contributed by atoms with Crippen LogP contribution in [0.3, 0.4) is 0 Å². The number of nitrogens with two attached hydrogens (primary N) is 1. The molecule has 0 spiro atoms. The van der Waals surface area contributed by atoms with Crippen molar-refractivity contribution < 1.29 is 13.9 Å². The summed E-state index contributed by atoms with van der Waals surface area (Å²) in [5.74, 6) is -0.347. The lowest BCUT2D eigenvalue weighted by Crippen LogP contribution is -2.42. The van der Waals surface area contributed by atoms with E-state index in [4.69, 9.17) is 10.5 Å². The topological polar surface area (TPSA) is 55.6 Å². The minimum absolute atomic E-state index is 0. The molecule has 1 amide bonds. The molecule has 4 nitrogen and oxygen atoms in total. The first-order chi connectivity index (χ1) is 10.6. The van der Waals surface area contributed by atoms with E-state index >= 15 is 0 Å². The summed E-state index contributed by atoms with van der Waals surface area (Å²) in [5, 5.41) is 0.506. The highest BCUT2D eigenvalue weighted by Gasteiger charge is 2.27. The first-order valence-electron chi connectivity index (χ1n) is 7.35. The van der Waals surface area contributed by atoms with Crippen LogP contribution in [0, 0.1) is 5.82 Å². The van der Waals surface area contributed by atoms with Crippen molar-refractivity contribution in [2.45, 2.75) is 25.5 Å². The molecule has 3 rings (SSSR count). The zero-order valence-electron chi connectivity index (χ0n) is 12.9. The van der Waals surface area contributed by atoms with Gasteiger partial charge in [0.25, 0.3) is 5.91 Å². The Labute approximate surface area is 144 Å². The molecule has 2 aromatic rings. The lowest BCUT2D eigenvalue weighted by Gasteiger charge is -2.30. The van der Waals surface area contributed by atoms with E-state index in [0.717, 1.165) is 17.5 Å². The Balaban J connectivity index is 0.00000192. The molecule has 0 radical (unpaired) electrons. The number of ether oxygens (including phenoxy) is 1. The van der Waals surface area contributed by atoms with Gasteiger partial charge in [-0.3, -0.25) is 4.79 Å². The number of methoxy groups -OCH3 is 1. The summed E-state index contributed by atoms with van der Waals surface area (Å²) in [4.78, 5) is 15.2. The van der Waals surface area contributed by atoms with E-state index in [2.05, 4.69) is 0 Å². The van der Waals surface area contributed by atoms with Crippen LogP contribution in [0.15, 0.2) is 18.2 Å². The van der Waals surface area contributed by atoms with Gasteiger partial charge in [0.2, 0.25) is 0 Å². The van der Waals surface area contributed by atoms with Crippen LogP contribution in [0.5, 0.6) is 0 Å². The lowest BCUT2D eigenvalue weighted by atomic mass is 10.1. The average Bonchev–Trinajstić information content (AvgIpc) is 2.88. The van der Waals surface area contributed by atoms with Crippen LogP contribution in [-0.2, 0) is 11.3 Å². The molecule has 0 saturated carbocycles. The number of carbonyl (C=O) groups is 1. The van der Waals surface area contributed by atoms with Gasteiger partial charge >= 0.3 is 0 Å². The molecule has 2 heterocycles. The molecule has 23 heavy (non-hydrogen) atoms. The maximum Gasteiger partial charge on any atom is 0.264 e. The number of benzene rings is 1.